The van der Waals surface area contributed by atoms with Gasteiger partial charge in [-0.25, -0.2) is 0 Å². The van der Waals surface area contributed by atoms with E-state index in [9.17, 15) is 22.0 Å². The monoisotopic (exact) mass is 456 g/mol. The van der Waals surface area contributed by atoms with Gasteiger partial charge in [0.05, 0.1) is 13.1 Å². The van der Waals surface area contributed by atoms with Crippen LogP contribution in [-0.4, -0.2) is 6.18 Å². The highest BCUT2D eigenvalue weighted by molar-refractivity contribution is 14.1. The topological polar surface area (TPSA) is 0 Å². The fourth-order valence-corrected chi connectivity index (χ4v) is 4.35. The Labute approximate surface area is 124 Å². The van der Waals surface area contributed by atoms with Crippen LogP contribution >= 0.6 is 49.9 Å². The Hall–Kier alpha value is 0.0400. The molecule has 0 aliphatic carbocycles. The maximum absolute atomic E-state index is 13.5. The molecule has 8 heteroatoms. The number of hydrogen-bond acceptors (Lipinski definition) is 1. The summed E-state index contributed by atoms with van der Waals surface area (Å²) in [5, 5.41) is -0.0684. The summed E-state index contributed by atoms with van der Waals surface area (Å²) in [6, 6.07) is 4.31. The summed E-state index contributed by atoms with van der Waals surface area (Å²) >= 11 is 5.56. The normalized spacial score (nSPS) is 13.3. The molecule has 0 aliphatic rings. The van der Waals surface area contributed by atoms with Crippen molar-refractivity contribution in [3.8, 4) is 0 Å². The molecule has 0 saturated carbocycles. The van der Waals surface area contributed by atoms with E-state index in [-0.39, 0.29) is 8.27 Å². The Kier molecular flexibility index (Phi) is 3.65. The second kappa shape index (κ2) is 4.55. The predicted molar refractivity (Wildman–Crippen MR) is 72.2 cm³/mol. The number of benzene rings is 1. The summed E-state index contributed by atoms with van der Waals surface area (Å²) in [5.41, 5.74) is -0.961. The van der Waals surface area contributed by atoms with Gasteiger partial charge in [0.15, 0.2) is 0 Å². The molecule has 0 saturated heterocycles. The summed E-state index contributed by atoms with van der Waals surface area (Å²) in [6.07, 6.45) is -5.59. The van der Waals surface area contributed by atoms with Gasteiger partial charge in [0, 0.05) is 9.86 Å². The zero-order valence-electron chi connectivity index (χ0n) is 8.29. The maximum atomic E-state index is 13.5. The lowest BCUT2D eigenvalue weighted by molar-refractivity contribution is -0.288. The van der Waals surface area contributed by atoms with Gasteiger partial charge in [-0.2, -0.15) is 22.0 Å². The third-order valence-corrected chi connectivity index (χ3v) is 5.45. The van der Waals surface area contributed by atoms with Crippen LogP contribution < -0.4 is 0 Å². The number of thiophene rings is 1. The minimum atomic E-state index is -5.59. The molecule has 0 N–H and O–H groups in total. The van der Waals surface area contributed by atoms with Crippen molar-refractivity contribution >= 4 is 59.9 Å². The molecule has 1 aromatic carbocycles. The van der Waals surface area contributed by atoms with E-state index in [4.69, 9.17) is 0 Å². The van der Waals surface area contributed by atoms with E-state index in [2.05, 4.69) is 15.9 Å². The Balaban J connectivity index is 2.80. The standard InChI is InChI=1S/C10H3BrF5IS/c11-5-3-1-2-4-6(8(17)18-7(4)5)9(12,13)10(14,15)16/h1-3H. The van der Waals surface area contributed by atoms with Crippen molar-refractivity contribution in [2.24, 2.45) is 0 Å². The smallest absolute Gasteiger partial charge is 0.191 e. The minimum absolute atomic E-state index is 0.0585. The number of rotatable bonds is 1. The Morgan fingerprint density at radius 2 is 1.72 bits per heavy atom. The fraction of sp³-hybridized carbons (Fsp3) is 0.200. The first-order valence-corrected chi connectivity index (χ1v) is 7.16. The van der Waals surface area contributed by atoms with Crippen molar-refractivity contribution in [2.45, 2.75) is 12.1 Å². The number of hydrogen-bond donors (Lipinski definition) is 0. The molecule has 0 spiro atoms. The summed E-state index contributed by atoms with van der Waals surface area (Å²) in [7, 11) is 0. The van der Waals surface area contributed by atoms with Crippen LogP contribution in [0.25, 0.3) is 10.1 Å². The van der Waals surface area contributed by atoms with E-state index in [0.29, 0.717) is 9.17 Å². The highest BCUT2D eigenvalue weighted by Gasteiger charge is 2.60. The van der Waals surface area contributed by atoms with E-state index >= 15 is 0 Å². The molecular formula is C10H3BrF5IS. The van der Waals surface area contributed by atoms with Crippen molar-refractivity contribution < 1.29 is 22.0 Å². The van der Waals surface area contributed by atoms with Gasteiger partial charge in [-0.05, 0) is 44.6 Å². The lowest BCUT2D eigenvalue weighted by atomic mass is 10.1. The second-order valence-electron chi connectivity index (χ2n) is 3.44. The van der Waals surface area contributed by atoms with E-state index in [1.165, 1.54) is 34.7 Å². The predicted octanol–water partition coefficient (Wildman–Crippen LogP) is 5.92. The fourth-order valence-electron chi connectivity index (χ4n) is 1.49. The van der Waals surface area contributed by atoms with Gasteiger partial charge >= 0.3 is 12.1 Å². The molecule has 0 amide bonds. The molecule has 98 valence electrons. The molecule has 2 aromatic rings. The second-order valence-corrected chi connectivity index (χ2v) is 7.13. The molecule has 0 nitrogen and oxygen atoms in total. The van der Waals surface area contributed by atoms with Gasteiger partial charge < -0.3 is 0 Å². The van der Waals surface area contributed by atoms with Crippen LogP contribution in [0.1, 0.15) is 5.56 Å². The van der Waals surface area contributed by atoms with Crippen LogP contribution in [0.3, 0.4) is 0 Å². The third-order valence-electron chi connectivity index (χ3n) is 2.29. The molecule has 0 aliphatic heterocycles. The molecule has 2 rings (SSSR count). The average molecular weight is 457 g/mol. The molecule has 1 aromatic heterocycles. The van der Waals surface area contributed by atoms with Gasteiger partial charge in [0.1, 0.15) is 0 Å². The van der Waals surface area contributed by atoms with Gasteiger partial charge in [0.25, 0.3) is 0 Å². The molecule has 0 unspecified atom stereocenters. The van der Waals surface area contributed by atoms with Crippen molar-refractivity contribution in [1.29, 1.82) is 0 Å². The van der Waals surface area contributed by atoms with Crippen molar-refractivity contribution in [2.75, 3.05) is 0 Å². The van der Waals surface area contributed by atoms with Crippen LogP contribution in [-0.2, 0) is 5.92 Å². The lowest BCUT2D eigenvalue weighted by Gasteiger charge is -2.19. The van der Waals surface area contributed by atoms with Crippen molar-refractivity contribution in [3.05, 3.63) is 31.1 Å². The molecule has 1 heterocycles. The zero-order chi connectivity index (χ0) is 13.7. The SMILES string of the molecule is FC(F)(F)C(F)(F)c1c(I)sc2c(Br)cccc12. The van der Waals surface area contributed by atoms with E-state index < -0.39 is 17.7 Å². The molecule has 0 bridgehead atoms. The van der Waals surface area contributed by atoms with Gasteiger partial charge in [-0.1, -0.05) is 12.1 Å². The van der Waals surface area contributed by atoms with Crippen molar-refractivity contribution in [3.63, 3.8) is 0 Å². The van der Waals surface area contributed by atoms with Crippen molar-refractivity contribution in [1.82, 2.24) is 0 Å². The molecule has 0 radical (unpaired) electrons. The summed E-state index contributed by atoms with van der Waals surface area (Å²) in [6.45, 7) is 0. The Morgan fingerprint density at radius 3 is 2.28 bits per heavy atom. The molecule has 0 fully saturated rings. The molecule has 0 atom stereocenters. The first kappa shape index (κ1) is 14.4. The largest absolute Gasteiger partial charge is 0.458 e. The Bertz CT molecular complexity index is 604. The average Bonchev–Trinajstić information content (AvgIpc) is 2.54. The number of halogens is 7. The van der Waals surface area contributed by atoms with E-state index in [1.54, 1.807) is 6.07 Å². The Morgan fingerprint density at radius 1 is 1.11 bits per heavy atom. The van der Waals surface area contributed by atoms with Crippen LogP contribution in [0.2, 0.25) is 0 Å². The van der Waals surface area contributed by atoms with E-state index in [0.717, 1.165) is 11.3 Å². The first-order valence-electron chi connectivity index (χ1n) is 4.48. The highest BCUT2D eigenvalue weighted by Crippen LogP contribution is 2.51. The maximum Gasteiger partial charge on any atom is 0.458 e. The first-order chi connectivity index (χ1) is 8.16. The molecular weight excluding hydrogens is 454 g/mol. The number of fused-ring (bicyclic) bond motifs is 1. The minimum Gasteiger partial charge on any atom is -0.191 e. The van der Waals surface area contributed by atoms with Gasteiger partial charge in [0.2, 0.25) is 0 Å². The summed E-state index contributed by atoms with van der Waals surface area (Å²) in [5.74, 6) is -4.84. The number of alkyl halides is 5. The van der Waals surface area contributed by atoms with Crippen LogP contribution in [0.4, 0.5) is 22.0 Å². The zero-order valence-corrected chi connectivity index (χ0v) is 12.8. The van der Waals surface area contributed by atoms with Crippen LogP contribution in [0.15, 0.2) is 22.7 Å². The van der Waals surface area contributed by atoms with Crippen LogP contribution in [0.5, 0.6) is 0 Å². The summed E-state index contributed by atoms with van der Waals surface area (Å²) in [4.78, 5) is 0. The highest BCUT2D eigenvalue weighted by atomic mass is 127. The third kappa shape index (κ3) is 2.15. The lowest BCUT2D eigenvalue weighted by Crippen LogP contribution is -2.34. The summed E-state index contributed by atoms with van der Waals surface area (Å²) < 4.78 is 65.1. The van der Waals surface area contributed by atoms with Gasteiger partial charge in [-0.15, -0.1) is 11.3 Å². The van der Waals surface area contributed by atoms with Gasteiger partial charge in [-0.3, -0.25) is 0 Å². The quantitative estimate of drug-likeness (QED) is 0.369. The van der Waals surface area contributed by atoms with Crippen LogP contribution in [0, 0.1) is 2.88 Å². The van der Waals surface area contributed by atoms with E-state index in [1.807, 2.05) is 0 Å². The molecule has 18 heavy (non-hydrogen) atoms.